The normalized spacial score (nSPS) is 22.1. The molecule has 2 atom stereocenters. The first-order valence-corrected chi connectivity index (χ1v) is 7.76. The maximum Gasteiger partial charge on any atom is 0.308 e. The van der Waals surface area contributed by atoms with Crippen molar-refractivity contribution in [1.82, 2.24) is 4.98 Å². The number of aromatic nitrogens is 1. The first-order valence-electron chi connectivity index (χ1n) is 7.76. The van der Waals surface area contributed by atoms with Crippen LogP contribution in [0.5, 0.6) is 0 Å². The summed E-state index contributed by atoms with van der Waals surface area (Å²) in [6, 6.07) is 8.75. The molecule has 1 aromatic heterocycles. The van der Waals surface area contributed by atoms with Crippen molar-refractivity contribution in [3.05, 3.63) is 30.5 Å². The van der Waals surface area contributed by atoms with Crippen LogP contribution in [0.2, 0.25) is 0 Å². The number of benzene rings is 1. The molecule has 3 rings (SSSR count). The highest BCUT2D eigenvalue weighted by molar-refractivity contribution is 5.83. The molecule has 0 amide bonds. The number of nitrogens with one attached hydrogen (secondary N) is 2. The summed E-state index contributed by atoms with van der Waals surface area (Å²) in [7, 11) is 0. The Morgan fingerprint density at radius 1 is 1.38 bits per heavy atom. The van der Waals surface area contributed by atoms with Crippen LogP contribution in [0.3, 0.4) is 0 Å². The van der Waals surface area contributed by atoms with Crippen molar-refractivity contribution in [1.29, 1.82) is 0 Å². The number of hydrogen-bond donors (Lipinski definition) is 2. The van der Waals surface area contributed by atoms with E-state index in [1.54, 1.807) is 0 Å². The molecule has 0 aliphatic heterocycles. The van der Waals surface area contributed by atoms with Gasteiger partial charge in [0.25, 0.3) is 0 Å². The largest absolute Gasteiger partial charge is 0.466 e. The molecule has 0 spiro atoms. The number of rotatable bonds is 4. The van der Waals surface area contributed by atoms with Crippen LogP contribution in [-0.2, 0) is 9.53 Å². The third-order valence-electron chi connectivity index (χ3n) is 4.22. The fraction of sp³-hybridized carbons (Fsp3) is 0.471. The van der Waals surface area contributed by atoms with Gasteiger partial charge >= 0.3 is 5.97 Å². The molecule has 1 saturated carbocycles. The highest BCUT2D eigenvalue weighted by Crippen LogP contribution is 2.28. The molecule has 0 radical (unpaired) electrons. The second-order valence-electron chi connectivity index (χ2n) is 5.74. The maximum absolute atomic E-state index is 11.9. The van der Waals surface area contributed by atoms with Crippen LogP contribution < -0.4 is 5.32 Å². The Balaban J connectivity index is 1.65. The number of fused-ring (bicyclic) bond motifs is 1. The van der Waals surface area contributed by atoms with E-state index in [-0.39, 0.29) is 11.9 Å². The van der Waals surface area contributed by atoms with Crippen molar-refractivity contribution >= 4 is 22.6 Å². The van der Waals surface area contributed by atoms with Gasteiger partial charge in [-0.05, 0) is 50.5 Å². The summed E-state index contributed by atoms with van der Waals surface area (Å²) in [6.45, 7) is 2.33. The Kier molecular flexibility index (Phi) is 4.13. The van der Waals surface area contributed by atoms with Gasteiger partial charge in [0.15, 0.2) is 0 Å². The quantitative estimate of drug-likeness (QED) is 0.843. The van der Waals surface area contributed by atoms with Crippen LogP contribution in [0.4, 0.5) is 5.69 Å². The van der Waals surface area contributed by atoms with Gasteiger partial charge in [-0.3, -0.25) is 4.79 Å². The lowest BCUT2D eigenvalue weighted by Gasteiger charge is -2.29. The molecule has 1 aromatic carbocycles. The van der Waals surface area contributed by atoms with Crippen LogP contribution >= 0.6 is 0 Å². The van der Waals surface area contributed by atoms with Crippen molar-refractivity contribution < 1.29 is 9.53 Å². The van der Waals surface area contributed by atoms with Gasteiger partial charge in [0.1, 0.15) is 0 Å². The second-order valence-corrected chi connectivity index (χ2v) is 5.74. The number of carbonyl (C=O) groups excluding carboxylic acids is 1. The summed E-state index contributed by atoms with van der Waals surface area (Å²) in [5, 5.41) is 4.77. The Morgan fingerprint density at radius 2 is 2.29 bits per heavy atom. The summed E-state index contributed by atoms with van der Waals surface area (Å²) in [5.41, 5.74) is 2.27. The molecule has 2 unspecified atom stereocenters. The molecule has 2 N–H and O–H groups in total. The third kappa shape index (κ3) is 3.20. The van der Waals surface area contributed by atoms with Crippen molar-refractivity contribution in [2.75, 3.05) is 11.9 Å². The number of esters is 1. The average molecular weight is 286 g/mol. The van der Waals surface area contributed by atoms with E-state index in [0.717, 1.165) is 36.9 Å². The van der Waals surface area contributed by atoms with E-state index in [2.05, 4.69) is 34.6 Å². The lowest BCUT2D eigenvalue weighted by Crippen LogP contribution is -2.32. The number of anilines is 1. The molecule has 1 aliphatic carbocycles. The molecule has 0 bridgehead atoms. The minimum atomic E-state index is -0.0370. The molecule has 2 aromatic rings. The van der Waals surface area contributed by atoms with Gasteiger partial charge in [0.05, 0.1) is 12.5 Å². The van der Waals surface area contributed by atoms with Crippen molar-refractivity contribution in [3.63, 3.8) is 0 Å². The maximum atomic E-state index is 11.9. The Hall–Kier alpha value is -1.97. The fourth-order valence-electron chi connectivity index (χ4n) is 3.17. The molecular formula is C17H22N2O2. The smallest absolute Gasteiger partial charge is 0.308 e. The van der Waals surface area contributed by atoms with Gasteiger partial charge in [-0.25, -0.2) is 0 Å². The zero-order valence-electron chi connectivity index (χ0n) is 12.4. The number of H-pyrrole nitrogens is 1. The van der Waals surface area contributed by atoms with Gasteiger partial charge < -0.3 is 15.0 Å². The van der Waals surface area contributed by atoms with Crippen LogP contribution in [-0.4, -0.2) is 23.6 Å². The zero-order valence-corrected chi connectivity index (χ0v) is 12.4. The van der Waals surface area contributed by atoms with E-state index in [4.69, 9.17) is 4.74 Å². The first-order chi connectivity index (χ1) is 10.3. The third-order valence-corrected chi connectivity index (χ3v) is 4.22. The molecule has 1 aliphatic rings. The second kappa shape index (κ2) is 6.20. The molecule has 4 nitrogen and oxygen atoms in total. The zero-order chi connectivity index (χ0) is 14.7. The SMILES string of the molecule is CCOC(=O)C1CCCC(Nc2ccc3[nH]ccc3c2)C1. The topological polar surface area (TPSA) is 54.1 Å². The highest BCUT2D eigenvalue weighted by atomic mass is 16.5. The lowest BCUT2D eigenvalue weighted by molar-refractivity contribution is -0.149. The number of aromatic amines is 1. The molecule has 21 heavy (non-hydrogen) atoms. The van der Waals surface area contributed by atoms with Crippen LogP contribution in [0.25, 0.3) is 10.9 Å². The van der Waals surface area contributed by atoms with Crippen molar-refractivity contribution in [3.8, 4) is 0 Å². The summed E-state index contributed by atoms with van der Waals surface area (Å²) in [5.74, 6) is 0.0114. The van der Waals surface area contributed by atoms with Gasteiger partial charge in [-0.15, -0.1) is 0 Å². The lowest BCUT2D eigenvalue weighted by atomic mass is 9.85. The summed E-state index contributed by atoms with van der Waals surface area (Å²) < 4.78 is 5.16. The van der Waals surface area contributed by atoms with E-state index in [1.165, 1.54) is 5.39 Å². The van der Waals surface area contributed by atoms with Crippen molar-refractivity contribution in [2.24, 2.45) is 5.92 Å². The molecule has 1 fully saturated rings. The molecule has 1 heterocycles. The molecule has 112 valence electrons. The Morgan fingerprint density at radius 3 is 3.14 bits per heavy atom. The summed E-state index contributed by atoms with van der Waals surface area (Å²) in [4.78, 5) is 15.1. The number of carbonyl (C=O) groups is 1. The van der Waals surface area contributed by atoms with Gasteiger partial charge in [-0.2, -0.15) is 0 Å². The number of ether oxygens (including phenoxy) is 1. The number of hydrogen-bond acceptors (Lipinski definition) is 3. The van der Waals surface area contributed by atoms with Gasteiger partial charge in [0, 0.05) is 28.8 Å². The van der Waals surface area contributed by atoms with Gasteiger partial charge in [-0.1, -0.05) is 6.42 Å². The van der Waals surface area contributed by atoms with Crippen LogP contribution in [0, 0.1) is 5.92 Å². The van der Waals surface area contributed by atoms with E-state index >= 15 is 0 Å². The first kappa shape index (κ1) is 14.0. The minimum absolute atomic E-state index is 0.0370. The molecule has 4 heteroatoms. The standard InChI is InChI=1S/C17H22N2O2/c1-2-21-17(20)13-4-3-5-14(11-13)19-15-6-7-16-12(10-15)8-9-18-16/h6-10,13-14,18-19H,2-5,11H2,1H3. The van der Waals surface area contributed by atoms with Crippen LogP contribution in [0.1, 0.15) is 32.6 Å². The van der Waals surface area contributed by atoms with E-state index in [0.29, 0.717) is 12.6 Å². The fourth-order valence-corrected chi connectivity index (χ4v) is 3.17. The van der Waals surface area contributed by atoms with E-state index < -0.39 is 0 Å². The highest BCUT2D eigenvalue weighted by Gasteiger charge is 2.28. The molecular weight excluding hydrogens is 264 g/mol. The minimum Gasteiger partial charge on any atom is -0.466 e. The summed E-state index contributed by atoms with van der Waals surface area (Å²) >= 11 is 0. The van der Waals surface area contributed by atoms with Gasteiger partial charge in [0.2, 0.25) is 0 Å². The van der Waals surface area contributed by atoms with Crippen molar-refractivity contribution in [2.45, 2.75) is 38.6 Å². The Labute approximate surface area is 124 Å². The van der Waals surface area contributed by atoms with E-state index in [9.17, 15) is 4.79 Å². The van der Waals surface area contributed by atoms with E-state index in [1.807, 2.05) is 13.1 Å². The predicted octanol–water partition coefficient (Wildman–Crippen LogP) is 3.70. The predicted molar refractivity (Wildman–Crippen MR) is 84.3 cm³/mol. The van der Waals surface area contributed by atoms with Crippen LogP contribution in [0.15, 0.2) is 30.5 Å². The Bertz CT molecular complexity index is 620. The molecule has 0 saturated heterocycles. The average Bonchev–Trinajstić information content (AvgIpc) is 2.95. The summed E-state index contributed by atoms with van der Waals surface area (Å²) in [6.07, 6.45) is 5.96. The monoisotopic (exact) mass is 286 g/mol.